The summed E-state index contributed by atoms with van der Waals surface area (Å²) in [6.07, 6.45) is 0.997. The maximum atomic E-state index is 12.5. The van der Waals surface area contributed by atoms with Gasteiger partial charge in [0.25, 0.3) is 0 Å². The van der Waals surface area contributed by atoms with Crippen LogP contribution in [0.4, 0.5) is 13.2 Å². The fourth-order valence-electron chi connectivity index (χ4n) is 4.85. The second kappa shape index (κ2) is 8.00. The Hall–Kier alpha value is -3.29. The molecule has 1 fully saturated rings. The van der Waals surface area contributed by atoms with Crippen molar-refractivity contribution in [2.45, 2.75) is 50.9 Å². The summed E-state index contributed by atoms with van der Waals surface area (Å²) in [6, 6.07) is 16.3. The molecular formula is C24H23F3N4O. The van der Waals surface area contributed by atoms with Crippen LogP contribution in [-0.4, -0.2) is 25.9 Å². The van der Waals surface area contributed by atoms with Gasteiger partial charge in [-0.2, -0.15) is 10.2 Å². The summed E-state index contributed by atoms with van der Waals surface area (Å²) in [5.41, 5.74) is 3.97. The SMILES string of the molecule is CCc1nn([C@H]2CCCC2c2ccnn2-c2ccc(OC(F)(F)F)cc2)c2ccccc12. The Kier molecular flexibility index (Phi) is 5.15. The van der Waals surface area contributed by atoms with Gasteiger partial charge in [0.15, 0.2) is 0 Å². The Morgan fingerprint density at radius 1 is 1.03 bits per heavy atom. The lowest BCUT2D eigenvalue weighted by atomic mass is 9.99. The summed E-state index contributed by atoms with van der Waals surface area (Å²) in [7, 11) is 0. The molecule has 1 unspecified atom stereocenters. The fraction of sp³-hybridized carbons (Fsp3) is 0.333. The number of nitrogens with zero attached hydrogens (tertiary/aromatic N) is 4. The smallest absolute Gasteiger partial charge is 0.406 e. The predicted octanol–water partition coefficient (Wildman–Crippen LogP) is 6.19. The molecule has 2 atom stereocenters. The van der Waals surface area contributed by atoms with Crippen molar-refractivity contribution in [1.82, 2.24) is 19.6 Å². The molecule has 5 nitrogen and oxygen atoms in total. The molecule has 2 heterocycles. The highest BCUT2D eigenvalue weighted by Gasteiger charge is 2.34. The summed E-state index contributed by atoms with van der Waals surface area (Å²) >= 11 is 0. The van der Waals surface area contributed by atoms with Crippen LogP contribution in [0.3, 0.4) is 0 Å². The zero-order chi connectivity index (χ0) is 22.3. The molecule has 1 aliphatic carbocycles. The van der Waals surface area contributed by atoms with Crippen LogP contribution >= 0.6 is 0 Å². The molecule has 4 aromatic rings. The van der Waals surface area contributed by atoms with E-state index in [0.29, 0.717) is 5.69 Å². The molecule has 0 bridgehead atoms. The van der Waals surface area contributed by atoms with Gasteiger partial charge in [-0.3, -0.25) is 4.68 Å². The van der Waals surface area contributed by atoms with E-state index in [-0.39, 0.29) is 17.7 Å². The number of para-hydroxylation sites is 1. The molecule has 0 N–H and O–H groups in total. The Labute approximate surface area is 183 Å². The fourth-order valence-corrected chi connectivity index (χ4v) is 4.85. The second-order valence-electron chi connectivity index (χ2n) is 8.08. The highest BCUT2D eigenvalue weighted by atomic mass is 19.4. The number of aryl methyl sites for hydroxylation is 1. The molecule has 2 aromatic heterocycles. The average Bonchev–Trinajstić information content (AvgIpc) is 3.50. The van der Waals surface area contributed by atoms with E-state index in [4.69, 9.17) is 5.10 Å². The van der Waals surface area contributed by atoms with Crippen LogP contribution in [0.25, 0.3) is 16.6 Å². The highest BCUT2D eigenvalue weighted by molar-refractivity contribution is 5.82. The normalized spacial score (nSPS) is 19.0. The molecule has 0 spiro atoms. The van der Waals surface area contributed by atoms with Crippen molar-refractivity contribution in [3.05, 3.63) is 72.2 Å². The van der Waals surface area contributed by atoms with Crippen molar-refractivity contribution in [2.75, 3.05) is 0 Å². The first-order chi connectivity index (χ1) is 15.4. The molecule has 8 heteroatoms. The zero-order valence-electron chi connectivity index (χ0n) is 17.6. The van der Waals surface area contributed by atoms with Crippen LogP contribution in [0.5, 0.6) is 5.75 Å². The number of halogens is 3. The number of hydrogen-bond donors (Lipinski definition) is 0. The third-order valence-electron chi connectivity index (χ3n) is 6.19. The van der Waals surface area contributed by atoms with Crippen molar-refractivity contribution < 1.29 is 17.9 Å². The van der Waals surface area contributed by atoms with Crippen LogP contribution in [0.1, 0.15) is 49.5 Å². The van der Waals surface area contributed by atoms with Crippen LogP contribution in [0, 0.1) is 0 Å². The topological polar surface area (TPSA) is 44.9 Å². The molecule has 166 valence electrons. The maximum absolute atomic E-state index is 12.5. The highest BCUT2D eigenvalue weighted by Crippen LogP contribution is 2.44. The first-order valence-electron chi connectivity index (χ1n) is 10.8. The van der Waals surface area contributed by atoms with Crippen molar-refractivity contribution in [3.63, 3.8) is 0 Å². The Balaban J connectivity index is 1.49. The van der Waals surface area contributed by atoms with E-state index in [1.54, 1.807) is 18.3 Å². The number of ether oxygens (including phenoxy) is 1. The largest absolute Gasteiger partial charge is 0.573 e. The molecular weight excluding hydrogens is 417 g/mol. The van der Waals surface area contributed by atoms with E-state index in [9.17, 15) is 13.2 Å². The standard InChI is InChI=1S/C24H23F3N4O/c1-2-20-18-6-3-4-8-21(18)31(29-20)22-9-5-7-19(22)23-14-15-28-30(23)16-10-12-17(13-11-16)32-24(25,26)27/h3-4,6,8,10-15,19,22H,2,5,7,9H2,1H3/t19?,22-/m0/s1. The number of benzene rings is 2. The third kappa shape index (κ3) is 3.74. The lowest BCUT2D eigenvalue weighted by Crippen LogP contribution is -2.18. The predicted molar refractivity (Wildman–Crippen MR) is 115 cm³/mol. The molecule has 32 heavy (non-hydrogen) atoms. The van der Waals surface area contributed by atoms with Gasteiger partial charge in [0, 0.05) is 23.2 Å². The van der Waals surface area contributed by atoms with Gasteiger partial charge in [-0.05, 0) is 55.7 Å². The Bertz CT molecular complexity index is 1230. The first kappa shape index (κ1) is 20.6. The monoisotopic (exact) mass is 440 g/mol. The minimum atomic E-state index is -4.71. The lowest BCUT2D eigenvalue weighted by molar-refractivity contribution is -0.274. The Morgan fingerprint density at radius 3 is 2.56 bits per heavy atom. The van der Waals surface area contributed by atoms with Gasteiger partial charge in [-0.15, -0.1) is 13.2 Å². The number of fused-ring (bicyclic) bond motifs is 1. The molecule has 2 aromatic carbocycles. The van der Waals surface area contributed by atoms with Gasteiger partial charge >= 0.3 is 6.36 Å². The third-order valence-corrected chi connectivity index (χ3v) is 6.19. The van der Waals surface area contributed by atoms with E-state index in [2.05, 4.69) is 33.6 Å². The van der Waals surface area contributed by atoms with Gasteiger partial charge in [-0.1, -0.05) is 31.5 Å². The minimum Gasteiger partial charge on any atom is -0.406 e. The molecule has 0 aliphatic heterocycles. The van der Waals surface area contributed by atoms with E-state index in [1.165, 1.54) is 17.5 Å². The van der Waals surface area contributed by atoms with E-state index < -0.39 is 6.36 Å². The maximum Gasteiger partial charge on any atom is 0.573 e. The number of aromatic nitrogens is 4. The van der Waals surface area contributed by atoms with Crippen molar-refractivity contribution in [3.8, 4) is 11.4 Å². The minimum absolute atomic E-state index is 0.198. The van der Waals surface area contributed by atoms with E-state index in [1.807, 2.05) is 22.9 Å². The molecule has 5 rings (SSSR count). The van der Waals surface area contributed by atoms with Gasteiger partial charge in [0.05, 0.1) is 22.9 Å². The van der Waals surface area contributed by atoms with Gasteiger partial charge < -0.3 is 4.74 Å². The number of alkyl halides is 3. The number of hydrogen-bond acceptors (Lipinski definition) is 3. The van der Waals surface area contributed by atoms with Crippen LogP contribution in [-0.2, 0) is 6.42 Å². The van der Waals surface area contributed by atoms with Gasteiger partial charge in [0.2, 0.25) is 0 Å². The van der Waals surface area contributed by atoms with Crippen LogP contribution in [0.15, 0.2) is 60.8 Å². The summed E-state index contributed by atoms with van der Waals surface area (Å²) in [5.74, 6) is -0.0413. The lowest BCUT2D eigenvalue weighted by Gasteiger charge is -2.22. The molecule has 0 saturated heterocycles. The molecule has 0 radical (unpaired) electrons. The quantitative estimate of drug-likeness (QED) is 0.372. The molecule has 1 saturated carbocycles. The summed E-state index contributed by atoms with van der Waals surface area (Å²) in [4.78, 5) is 0. The van der Waals surface area contributed by atoms with E-state index >= 15 is 0 Å². The van der Waals surface area contributed by atoms with Gasteiger partial charge in [-0.25, -0.2) is 4.68 Å². The summed E-state index contributed by atoms with van der Waals surface area (Å²) in [5, 5.41) is 10.6. The van der Waals surface area contributed by atoms with Crippen molar-refractivity contribution in [1.29, 1.82) is 0 Å². The van der Waals surface area contributed by atoms with Crippen LogP contribution in [0.2, 0.25) is 0 Å². The van der Waals surface area contributed by atoms with Crippen LogP contribution < -0.4 is 4.74 Å². The first-order valence-corrected chi connectivity index (χ1v) is 10.8. The average molecular weight is 440 g/mol. The molecule has 1 aliphatic rings. The van der Waals surface area contributed by atoms with Crippen molar-refractivity contribution >= 4 is 10.9 Å². The summed E-state index contributed by atoms with van der Waals surface area (Å²) in [6.45, 7) is 2.12. The number of rotatable bonds is 5. The zero-order valence-corrected chi connectivity index (χ0v) is 17.6. The summed E-state index contributed by atoms with van der Waals surface area (Å²) < 4.78 is 45.4. The van der Waals surface area contributed by atoms with E-state index in [0.717, 1.165) is 42.6 Å². The van der Waals surface area contributed by atoms with Crippen molar-refractivity contribution in [2.24, 2.45) is 0 Å². The Morgan fingerprint density at radius 2 is 1.81 bits per heavy atom. The molecule has 0 amide bonds. The second-order valence-corrected chi connectivity index (χ2v) is 8.08. The van der Waals surface area contributed by atoms with Gasteiger partial charge in [0.1, 0.15) is 5.75 Å².